The molecule has 1 saturated carbocycles. The number of aromatic nitrogens is 1. The smallest absolute Gasteiger partial charge is 0.410 e. The Kier molecular flexibility index (Phi) is 7.33. The molecule has 1 aliphatic heterocycles. The van der Waals surface area contributed by atoms with Crippen molar-refractivity contribution in [2.75, 3.05) is 13.1 Å². The van der Waals surface area contributed by atoms with Gasteiger partial charge in [0.25, 0.3) is 0 Å². The van der Waals surface area contributed by atoms with Crippen LogP contribution in [0.3, 0.4) is 0 Å². The minimum atomic E-state index is -0.590. The minimum Gasteiger partial charge on any atom is -0.444 e. The van der Waals surface area contributed by atoms with Crippen molar-refractivity contribution in [2.45, 2.75) is 64.1 Å². The molecule has 1 aliphatic carbocycles. The average molecular weight is 550 g/mol. The Bertz CT molecular complexity index is 1530. The first-order valence-corrected chi connectivity index (χ1v) is 14.8. The molecule has 4 aromatic rings. The number of hydrogen-bond acceptors (Lipinski definition) is 3. The van der Waals surface area contributed by atoms with Gasteiger partial charge in [-0.15, -0.1) is 0 Å². The molecule has 0 radical (unpaired) electrons. The highest BCUT2D eigenvalue weighted by Gasteiger charge is 2.43. The van der Waals surface area contributed by atoms with Gasteiger partial charge in [-0.05, 0) is 74.3 Å². The lowest BCUT2D eigenvalue weighted by atomic mass is 9.79. The van der Waals surface area contributed by atoms with Crippen molar-refractivity contribution in [2.24, 2.45) is 5.92 Å². The Hall–Kier alpha value is -4.06. The summed E-state index contributed by atoms with van der Waals surface area (Å²) >= 11 is 0. The van der Waals surface area contributed by atoms with E-state index in [0.29, 0.717) is 26.1 Å². The summed E-state index contributed by atoms with van der Waals surface area (Å²) in [6, 6.07) is 27.4. The van der Waals surface area contributed by atoms with Gasteiger partial charge in [0, 0.05) is 42.8 Å². The molecule has 0 spiro atoms. The summed E-state index contributed by atoms with van der Waals surface area (Å²) in [4.78, 5) is 34.9. The van der Waals surface area contributed by atoms with Gasteiger partial charge in [-0.2, -0.15) is 0 Å². The van der Waals surface area contributed by atoms with Crippen LogP contribution in [0.25, 0.3) is 22.0 Å². The molecular weight excluding hydrogens is 510 g/mol. The van der Waals surface area contributed by atoms with E-state index < -0.39 is 5.60 Å². The SMILES string of the molecule is CC(C)(C)OC(=O)N1CC[C@H](c2cccc(-c3ccccc3)c2)[C@@H](C(=O)N(Cc2c[nH]c3ccccc23)C2CC2)C1. The van der Waals surface area contributed by atoms with Crippen molar-refractivity contribution in [1.82, 2.24) is 14.8 Å². The summed E-state index contributed by atoms with van der Waals surface area (Å²) in [5, 5.41) is 1.15. The number of piperidine rings is 1. The molecule has 6 heteroatoms. The van der Waals surface area contributed by atoms with Crippen molar-refractivity contribution in [3.63, 3.8) is 0 Å². The van der Waals surface area contributed by atoms with Crippen LogP contribution in [0.15, 0.2) is 85.1 Å². The third-order valence-corrected chi connectivity index (χ3v) is 8.29. The van der Waals surface area contributed by atoms with E-state index in [0.717, 1.165) is 46.0 Å². The number of carbonyl (C=O) groups excluding carboxylic acids is 2. The zero-order valence-corrected chi connectivity index (χ0v) is 24.2. The Morgan fingerprint density at radius 1 is 0.927 bits per heavy atom. The Morgan fingerprint density at radius 2 is 1.66 bits per heavy atom. The largest absolute Gasteiger partial charge is 0.444 e. The molecule has 1 saturated heterocycles. The summed E-state index contributed by atoms with van der Waals surface area (Å²) in [7, 11) is 0. The number of ether oxygens (including phenoxy) is 1. The number of hydrogen-bond donors (Lipinski definition) is 1. The van der Waals surface area contributed by atoms with Crippen molar-refractivity contribution >= 4 is 22.9 Å². The normalized spacial score (nSPS) is 19.2. The van der Waals surface area contributed by atoms with Gasteiger partial charge in [0.1, 0.15) is 5.60 Å². The number of fused-ring (bicyclic) bond motifs is 1. The minimum absolute atomic E-state index is 0.00840. The molecule has 1 aromatic heterocycles. The van der Waals surface area contributed by atoms with Crippen LogP contribution in [-0.4, -0.2) is 51.5 Å². The monoisotopic (exact) mass is 549 g/mol. The summed E-state index contributed by atoms with van der Waals surface area (Å²) in [5.41, 5.74) is 5.06. The predicted molar refractivity (Wildman–Crippen MR) is 162 cm³/mol. The second-order valence-electron chi connectivity index (χ2n) is 12.5. The standard InChI is InChI=1S/C35H39N3O3/c1-35(2,3)41-34(40)37-19-18-29(26-13-9-12-25(20-26)24-10-5-4-6-11-24)31(23-37)33(39)38(28-16-17-28)22-27-21-36-32-15-8-7-14-30(27)32/h4-15,20-21,28-29,31,36H,16-19,22-23H2,1-3H3/t29-,31+/m1/s1. The van der Waals surface area contributed by atoms with Crippen LogP contribution in [0.1, 0.15) is 57.1 Å². The van der Waals surface area contributed by atoms with E-state index in [4.69, 9.17) is 4.74 Å². The van der Waals surface area contributed by atoms with Crippen molar-refractivity contribution in [3.05, 3.63) is 96.2 Å². The number of nitrogens with one attached hydrogen (secondary N) is 1. The summed E-state index contributed by atoms with van der Waals surface area (Å²) in [5.74, 6) is -0.219. The lowest BCUT2D eigenvalue weighted by molar-refractivity contribution is -0.139. The highest BCUT2D eigenvalue weighted by Crippen LogP contribution is 2.39. The molecule has 1 N–H and O–H groups in total. The molecule has 41 heavy (non-hydrogen) atoms. The molecule has 2 atom stereocenters. The van der Waals surface area contributed by atoms with Crippen LogP contribution >= 0.6 is 0 Å². The molecule has 2 fully saturated rings. The average Bonchev–Trinajstić information content (AvgIpc) is 3.74. The van der Waals surface area contributed by atoms with Gasteiger partial charge in [0.05, 0.1) is 5.92 Å². The van der Waals surface area contributed by atoms with E-state index in [1.165, 1.54) is 0 Å². The van der Waals surface area contributed by atoms with E-state index in [1.807, 2.05) is 57.3 Å². The van der Waals surface area contributed by atoms with Crippen molar-refractivity contribution in [1.29, 1.82) is 0 Å². The molecule has 0 bridgehead atoms. The molecule has 6 nitrogen and oxygen atoms in total. The number of nitrogens with zero attached hydrogens (tertiary/aromatic N) is 2. The lowest BCUT2D eigenvalue weighted by Gasteiger charge is -2.40. The van der Waals surface area contributed by atoms with Crippen LogP contribution in [0.4, 0.5) is 4.79 Å². The maximum atomic E-state index is 14.6. The van der Waals surface area contributed by atoms with E-state index in [1.54, 1.807) is 4.90 Å². The van der Waals surface area contributed by atoms with Crippen LogP contribution in [0.5, 0.6) is 0 Å². The fourth-order valence-electron chi connectivity index (χ4n) is 6.11. The van der Waals surface area contributed by atoms with Crippen molar-refractivity contribution in [3.8, 4) is 11.1 Å². The van der Waals surface area contributed by atoms with Gasteiger partial charge in [-0.1, -0.05) is 72.8 Å². The Balaban J connectivity index is 1.32. The number of benzene rings is 3. The van der Waals surface area contributed by atoms with E-state index in [2.05, 4.69) is 58.4 Å². The molecule has 0 unspecified atom stereocenters. The Morgan fingerprint density at radius 3 is 2.41 bits per heavy atom. The molecule has 212 valence electrons. The third kappa shape index (κ3) is 6.02. The number of rotatable bonds is 6. The number of H-pyrrole nitrogens is 1. The fourth-order valence-corrected chi connectivity index (χ4v) is 6.11. The second-order valence-corrected chi connectivity index (χ2v) is 12.5. The fraction of sp³-hybridized carbons (Fsp3) is 0.371. The quantitative estimate of drug-likeness (QED) is 0.273. The van der Waals surface area contributed by atoms with E-state index >= 15 is 0 Å². The molecule has 3 aromatic carbocycles. The van der Waals surface area contributed by atoms with E-state index in [-0.39, 0.29) is 29.9 Å². The zero-order chi connectivity index (χ0) is 28.6. The molecule has 2 amide bonds. The van der Waals surface area contributed by atoms with Crippen LogP contribution < -0.4 is 0 Å². The predicted octanol–water partition coefficient (Wildman–Crippen LogP) is 7.37. The first-order chi connectivity index (χ1) is 19.8. The van der Waals surface area contributed by atoms with Gasteiger partial charge < -0.3 is 19.5 Å². The van der Waals surface area contributed by atoms with Gasteiger partial charge in [-0.25, -0.2) is 4.79 Å². The third-order valence-electron chi connectivity index (χ3n) is 8.29. The molecule has 2 aliphatic rings. The lowest BCUT2D eigenvalue weighted by Crippen LogP contribution is -2.51. The molecule has 6 rings (SSSR count). The highest BCUT2D eigenvalue weighted by molar-refractivity contribution is 5.85. The maximum absolute atomic E-state index is 14.6. The van der Waals surface area contributed by atoms with E-state index in [9.17, 15) is 9.59 Å². The topological polar surface area (TPSA) is 65.6 Å². The summed E-state index contributed by atoms with van der Waals surface area (Å²) in [6.45, 7) is 7.12. The molecular formula is C35H39N3O3. The maximum Gasteiger partial charge on any atom is 0.410 e. The first kappa shape index (κ1) is 27.1. The number of likely N-dealkylation sites (tertiary alicyclic amines) is 1. The number of amides is 2. The van der Waals surface area contributed by atoms with Gasteiger partial charge in [0.2, 0.25) is 5.91 Å². The first-order valence-electron chi connectivity index (χ1n) is 14.8. The van der Waals surface area contributed by atoms with Crippen LogP contribution in [0, 0.1) is 5.92 Å². The zero-order valence-electron chi connectivity index (χ0n) is 24.2. The summed E-state index contributed by atoms with van der Waals surface area (Å²) in [6.07, 6.45) is 4.43. The second kappa shape index (κ2) is 11.1. The van der Waals surface area contributed by atoms with Gasteiger partial charge in [-0.3, -0.25) is 4.79 Å². The van der Waals surface area contributed by atoms with Gasteiger partial charge in [0.15, 0.2) is 0 Å². The molecule has 2 heterocycles. The Labute approximate surface area is 242 Å². The van der Waals surface area contributed by atoms with Gasteiger partial charge >= 0.3 is 6.09 Å². The van der Waals surface area contributed by atoms with Crippen LogP contribution in [-0.2, 0) is 16.1 Å². The number of para-hydroxylation sites is 1. The number of aromatic amines is 1. The number of carbonyl (C=O) groups is 2. The highest BCUT2D eigenvalue weighted by atomic mass is 16.6. The summed E-state index contributed by atoms with van der Waals surface area (Å²) < 4.78 is 5.73. The van der Waals surface area contributed by atoms with Crippen LogP contribution in [0.2, 0.25) is 0 Å². The van der Waals surface area contributed by atoms with Crippen molar-refractivity contribution < 1.29 is 14.3 Å².